The number of hydrogen-bond acceptors (Lipinski definition) is 1. The lowest BCUT2D eigenvalue weighted by Gasteiger charge is -2.08. The van der Waals surface area contributed by atoms with Crippen molar-refractivity contribution in [3.05, 3.63) is 35.9 Å². The Morgan fingerprint density at radius 2 is 1.82 bits per heavy atom. The molecule has 1 heteroatoms. The first-order chi connectivity index (χ1) is 5.22. The summed E-state index contributed by atoms with van der Waals surface area (Å²) in [6, 6.07) is 10.1. The zero-order valence-corrected chi connectivity index (χ0v) is 6.96. The smallest absolute Gasteiger partial charge is 0.0185 e. The molecule has 1 aromatic carbocycles. The third-order valence-corrected chi connectivity index (χ3v) is 1.95. The number of rotatable bonds is 2. The average molecular weight is 147 g/mol. The molecule has 0 aliphatic rings. The van der Waals surface area contributed by atoms with Gasteiger partial charge in [0.25, 0.3) is 0 Å². The van der Waals surface area contributed by atoms with Crippen molar-refractivity contribution >= 4 is 5.71 Å². The molecule has 0 aliphatic carbocycles. The first-order valence-corrected chi connectivity index (χ1v) is 3.82. The minimum Gasteiger partial charge on any atom is -0.309 e. The minimum absolute atomic E-state index is 0.260. The second-order valence-electron chi connectivity index (χ2n) is 2.82. The maximum atomic E-state index is 7.44. The lowest BCUT2D eigenvalue weighted by atomic mass is 9.97. The Balaban J connectivity index is 2.85. The lowest BCUT2D eigenvalue weighted by Crippen LogP contribution is -2.02. The lowest BCUT2D eigenvalue weighted by molar-refractivity contribution is 1.00. The molecule has 0 heterocycles. The Morgan fingerprint density at radius 1 is 1.27 bits per heavy atom. The average Bonchev–Trinajstić information content (AvgIpc) is 2.05. The van der Waals surface area contributed by atoms with Gasteiger partial charge in [-0.1, -0.05) is 37.3 Å². The highest BCUT2D eigenvalue weighted by molar-refractivity contribution is 5.85. The van der Waals surface area contributed by atoms with E-state index >= 15 is 0 Å². The van der Waals surface area contributed by atoms with Crippen molar-refractivity contribution in [2.45, 2.75) is 19.8 Å². The van der Waals surface area contributed by atoms with Crippen LogP contribution >= 0.6 is 0 Å². The van der Waals surface area contributed by atoms with Crippen molar-refractivity contribution in [3.63, 3.8) is 0 Å². The quantitative estimate of drug-likeness (QED) is 0.622. The highest BCUT2D eigenvalue weighted by atomic mass is 14.4. The summed E-state index contributed by atoms with van der Waals surface area (Å²) in [7, 11) is 0. The second-order valence-corrected chi connectivity index (χ2v) is 2.82. The molecule has 1 rings (SSSR count). The van der Waals surface area contributed by atoms with Gasteiger partial charge in [-0.25, -0.2) is 0 Å². The summed E-state index contributed by atoms with van der Waals surface area (Å²) < 4.78 is 0. The third kappa shape index (κ3) is 1.90. The summed E-state index contributed by atoms with van der Waals surface area (Å²) in [5.74, 6) is 0.260. The Morgan fingerprint density at radius 3 is 2.27 bits per heavy atom. The first kappa shape index (κ1) is 7.99. The fraction of sp³-hybridized carbons (Fsp3) is 0.300. The molecule has 0 saturated heterocycles. The maximum absolute atomic E-state index is 7.44. The summed E-state index contributed by atoms with van der Waals surface area (Å²) in [5.41, 5.74) is 1.94. The van der Waals surface area contributed by atoms with Crippen LogP contribution in [0.3, 0.4) is 0 Å². The summed E-state index contributed by atoms with van der Waals surface area (Å²) >= 11 is 0. The molecule has 0 bridgehead atoms. The van der Waals surface area contributed by atoms with Crippen LogP contribution in [0.1, 0.15) is 25.3 Å². The first-order valence-electron chi connectivity index (χ1n) is 3.82. The molecule has 0 aliphatic heterocycles. The highest BCUT2D eigenvalue weighted by Gasteiger charge is 2.04. The molecule has 11 heavy (non-hydrogen) atoms. The molecule has 0 spiro atoms. The van der Waals surface area contributed by atoms with Crippen molar-refractivity contribution in [2.24, 2.45) is 0 Å². The van der Waals surface area contributed by atoms with Crippen LogP contribution in [0, 0.1) is 5.41 Å². The van der Waals surface area contributed by atoms with E-state index in [4.69, 9.17) is 5.41 Å². The summed E-state index contributed by atoms with van der Waals surface area (Å²) in [6.45, 7) is 3.90. The fourth-order valence-corrected chi connectivity index (χ4v) is 0.992. The molecule has 0 amide bonds. The monoisotopic (exact) mass is 147 g/mol. The van der Waals surface area contributed by atoms with Crippen LogP contribution in [0.15, 0.2) is 30.3 Å². The maximum Gasteiger partial charge on any atom is 0.0185 e. The summed E-state index contributed by atoms with van der Waals surface area (Å²) in [4.78, 5) is 0. The fourth-order valence-electron chi connectivity index (χ4n) is 0.992. The highest BCUT2D eigenvalue weighted by Crippen LogP contribution is 2.14. The molecule has 0 saturated carbocycles. The van der Waals surface area contributed by atoms with Crippen LogP contribution in [0.2, 0.25) is 0 Å². The molecular weight excluding hydrogens is 134 g/mol. The Kier molecular flexibility index (Phi) is 2.42. The van der Waals surface area contributed by atoms with Crippen LogP contribution in [-0.2, 0) is 0 Å². The van der Waals surface area contributed by atoms with Crippen molar-refractivity contribution in [2.75, 3.05) is 0 Å². The van der Waals surface area contributed by atoms with E-state index in [9.17, 15) is 0 Å². The SMILES string of the molecule is CC(=N)C(C)c1ccccc1. The second kappa shape index (κ2) is 3.33. The van der Waals surface area contributed by atoms with Gasteiger partial charge in [-0.3, -0.25) is 0 Å². The molecule has 1 unspecified atom stereocenters. The van der Waals surface area contributed by atoms with E-state index in [0.29, 0.717) is 0 Å². The zero-order chi connectivity index (χ0) is 8.27. The van der Waals surface area contributed by atoms with E-state index < -0.39 is 0 Å². The van der Waals surface area contributed by atoms with Crippen LogP contribution in [0.4, 0.5) is 0 Å². The molecular formula is C10H13N. The zero-order valence-electron chi connectivity index (χ0n) is 6.96. The molecule has 1 atom stereocenters. The third-order valence-electron chi connectivity index (χ3n) is 1.95. The Labute approximate surface area is 67.6 Å². The van der Waals surface area contributed by atoms with Gasteiger partial charge in [0.1, 0.15) is 0 Å². The van der Waals surface area contributed by atoms with Crippen molar-refractivity contribution < 1.29 is 0 Å². The van der Waals surface area contributed by atoms with Crippen molar-refractivity contribution in [1.82, 2.24) is 0 Å². The predicted octanol–water partition coefficient (Wildman–Crippen LogP) is 2.83. The standard InChI is InChI=1S/C10H13N/c1-8(9(2)11)10-6-4-3-5-7-10/h3-8,11H,1-2H3. The molecule has 0 aromatic heterocycles. The normalized spacial score (nSPS) is 12.5. The predicted molar refractivity (Wildman–Crippen MR) is 48.3 cm³/mol. The van der Waals surface area contributed by atoms with Gasteiger partial charge in [0.05, 0.1) is 0 Å². The van der Waals surface area contributed by atoms with Gasteiger partial charge in [0.2, 0.25) is 0 Å². The number of hydrogen-bond donors (Lipinski definition) is 1. The molecule has 0 fully saturated rings. The molecule has 1 aromatic rings. The molecule has 1 N–H and O–H groups in total. The Bertz CT molecular complexity index is 238. The van der Waals surface area contributed by atoms with E-state index in [1.54, 1.807) is 0 Å². The minimum atomic E-state index is 0.260. The van der Waals surface area contributed by atoms with Gasteiger partial charge in [0, 0.05) is 11.6 Å². The summed E-state index contributed by atoms with van der Waals surface area (Å²) in [6.07, 6.45) is 0. The summed E-state index contributed by atoms with van der Waals surface area (Å²) in [5, 5.41) is 7.44. The van der Waals surface area contributed by atoms with Crippen molar-refractivity contribution in [1.29, 1.82) is 5.41 Å². The van der Waals surface area contributed by atoms with Crippen LogP contribution in [0.5, 0.6) is 0 Å². The van der Waals surface area contributed by atoms with E-state index in [1.165, 1.54) is 5.56 Å². The largest absolute Gasteiger partial charge is 0.309 e. The van der Waals surface area contributed by atoms with Crippen LogP contribution in [0.25, 0.3) is 0 Å². The van der Waals surface area contributed by atoms with Gasteiger partial charge in [-0.05, 0) is 12.5 Å². The number of nitrogens with one attached hydrogen (secondary N) is 1. The van der Waals surface area contributed by atoms with Crippen LogP contribution in [-0.4, -0.2) is 5.71 Å². The van der Waals surface area contributed by atoms with E-state index in [-0.39, 0.29) is 5.92 Å². The van der Waals surface area contributed by atoms with E-state index in [2.05, 4.69) is 19.1 Å². The van der Waals surface area contributed by atoms with Gasteiger partial charge in [-0.2, -0.15) is 0 Å². The van der Waals surface area contributed by atoms with Gasteiger partial charge >= 0.3 is 0 Å². The topological polar surface area (TPSA) is 23.9 Å². The van der Waals surface area contributed by atoms with Crippen molar-refractivity contribution in [3.8, 4) is 0 Å². The van der Waals surface area contributed by atoms with E-state index in [0.717, 1.165) is 5.71 Å². The molecule has 0 radical (unpaired) electrons. The van der Waals surface area contributed by atoms with Gasteiger partial charge < -0.3 is 5.41 Å². The Hall–Kier alpha value is -1.11. The molecule has 1 nitrogen and oxygen atoms in total. The van der Waals surface area contributed by atoms with E-state index in [1.807, 2.05) is 25.1 Å². The number of benzene rings is 1. The molecule has 58 valence electrons. The van der Waals surface area contributed by atoms with Gasteiger partial charge in [-0.15, -0.1) is 0 Å². The van der Waals surface area contributed by atoms with Gasteiger partial charge in [0.15, 0.2) is 0 Å². The van der Waals surface area contributed by atoms with Crippen LogP contribution < -0.4 is 0 Å².